The zero-order chi connectivity index (χ0) is 11.6. The second-order valence-corrected chi connectivity index (χ2v) is 5.62. The van der Waals surface area contributed by atoms with E-state index in [1.165, 1.54) is 0 Å². The first kappa shape index (κ1) is 13.4. The molecule has 3 nitrogen and oxygen atoms in total. The predicted molar refractivity (Wildman–Crippen MR) is 58.1 cm³/mol. The van der Waals surface area contributed by atoms with Crippen molar-refractivity contribution in [3.63, 3.8) is 0 Å². The quantitative estimate of drug-likeness (QED) is 0.694. The minimum Gasteiger partial charge on any atom is -0.459 e. The van der Waals surface area contributed by atoms with E-state index in [1.807, 2.05) is 41.5 Å². The van der Waals surface area contributed by atoms with Gasteiger partial charge >= 0.3 is 5.97 Å². The molecular formula is C11H23NO2. The minimum absolute atomic E-state index is 0.128. The Morgan fingerprint density at radius 3 is 1.79 bits per heavy atom. The van der Waals surface area contributed by atoms with Crippen molar-refractivity contribution in [2.75, 3.05) is 7.05 Å². The van der Waals surface area contributed by atoms with Crippen LogP contribution in [0.15, 0.2) is 0 Å². The first-order chi connectivity index (χ1) is 6.08. The van der Waals surface area contributed by atoms with E-state index in [9.17, 15) is 4.79 Å². The van der Waals surface area contributed by atoms with E-state index in [1.54, 1.807) is 7.05 Å². The molecule has 0 aliphatic rings. The fraction of sp³-hybridized carbons (Fsp3) is 0.909. The summed E-state index contributed by atoms with van der Waals surface area (Å²) in [5.41, 5.74) is -0.547. The van der Waals surface area contributed by atoms with Crippen LogP contribution in [0.4, 0.5) is 0 Å². The molecule has 0 aromatic heterocycles. The molecule has 1 atom stereocenters. The molecular weight excluding hydrogens is 178 g/mol. The summed E-state index contributed by atoms with van der Waals surface area (Å²) in [4.78, 5) is 11.8. The zero-order valence-corrected chi connectivity index (χ0v) is 10.4. The molecule has 14 heavy (non-hydrogen) atoms. The molecule has 0 saturated carbocycles. The summed E-state index contributed by atoms with van der Waals surface area (Å²) < 4.78 is 5.32. The predicted octanol–water partition coefficient (Wildman–Crippen LogP) is 1.96. The molecule has 84 valence electrons. The maximum atomic E-state index is 11.8. The normalized spacial score (nSPS) is 15.1. The van der Waals surface area contributed by atoms with Gasteiger partial charge in [0.1, 0.15) is 11.6 Å². The molecule has 0 radical (unpaired) electrons. The molecule has 0 saturated heterocycles. The topological polar surface area (TPSA) is 38.3 Å². The van der Waals surface area contributed by atoms with Crippen molar-refractivity contribution in [3.8, 4) is 0 Å². The summed E-state index contributed by atoms with van der Waals surface area (Å²) in [5, 5.41) is 2.99. The van der Waals surface area contributed by atoms with E-state index in [0.29, 0.717) is 0 Å². The molecule has 0 unspecified atom stereocenters. The van der Waals surface area contributed by atoms with Crippen molar-refractivity contribution in [1.29, 1.82) is 0 Å². The van der Waals surface area contributed by atoms with Gasteiger partial charge in [-0.25, -0.2) is 0 Å². The standard InChI is InChI=1S/C11H23NO2/c1-10(2,3)8(12-7)9(13)14-11(4,5)6/h8,12H,1-7H3/t8-/m1/s1. The lowest BCUT2D eigenvalue weighted by Crippen LogP contribution is -2.47. The Labute approximate surface area is 87.2 Å². The molecule has 0 spiro atoms. The van der Waals surface area contributed by atoms with E-state index in [-0.39, 0.29) is 17.4 Å². The van der Waals surface area contributed by atoms with Gasteiger partial charge in [0.25, 0.3) is 0 Å². The lowest BCUT2D eigenvalue weighted by atomic mass is 9.87. The summed E-state index contributed by atoms with van der Waals surface area (Å²) in [6.07, 6.45) is 0. The van der Waals surface area contributed by atoms with Crippen LogP contribution >= 0.6 is 0 Å². The summed E-state index contributed by atoms with van der Waals surface area (Å²) in [5.74, 6) is -0.187. The highest BCUT2D eigenvalue weighted by atomic mass is 16.6. The van der Waals surface area contributed by atoms with Crippen LogP contribution < -0.4 is 5.32 Å². The number of carbonyl (C=O) groups excluding carboxylic acids is 1. The van der Waals surface area contributed by atoms with Gasteiger partial charge in [-0.2, -0.15) is 0 Å². The van der Waals surface area contributed by atoms with E-state index < -0.39 is 5.60 Å². The Balaban J connectivity index is 4.50. The van der Waals surface area contributed by atoms with Gasteiger partial charge in [-0.1, -0.05) is 20.8 Å². The van der Waals surface area contributed by atoms with Gasteiger partial charge in [-0.3, -0.25) is 4.79 Å². The Morgan fingerprint density at radius 1 is 1.14 bits per heavy atom. The van der Waals surface area contributed by atoms with Crippen molar-refractivity contribution >= 4 is 5.97 Å². The number of nitrogens with one attached hydrogen (secondary N) is 1. The van der Waals surface area contributed by atoms with Crippen LogP contribution in [0.25, 0.3) is 0 Å². The summed E-state index contributed by atoms with van der Waals surface area (Å²) in [7, 11) is 1.78. The van der Waals surface area contributed by atoms with Crippen LogP contribution in [0, 0.1) is 5.41 Å². The third kappa shape index (κ3) is 4.61. The molecule has 0 aromatic carbocycles. The fourth-order valence-corrected chi connectivity index (χ4v) is 1.27. The van der Waals surface area contributed by atoms with E-state index in [4.69, 9.17) is 4.74 Å². The largest absolute Gasteiger partial charge is 0.459 e. The van der Waals surface area contributed by atoms with Crippen molar-refractivity contribution in [2.24, 2.45) is 5.41 Å². The van der Waals surface area contributed by atoms with Gasteiger partial charge < -0.3 is 10.1 Å². The number of rotatable bonds is 2. The number of likely N-dealkylation sites (N-methyl/N-ethyl adjacent to an activating group) is 1. The number of hydrogen-bond donors (Lipinski definition) is 1. The van der Waals surface area contributed by atoms with E-state index in [0.717, 1.165) is 0 Å². The summed E-state index contributed by atoms with van der Waals surface area (Å²) in [6, 6.07) is -0.262. The van der Waals surface area contributed by atoms with Crippen molar-refractivity contribution in [2.45, 2.75) is 53.2 Å². The van der Waals surface area contributed by atoms with Crippen molar-refractivity contribution in [1.82, 2.24) is 5.32 Å². The van der Waals surface area contributed by atoms with Crippen LogP contribution in [0.2, 0.25) is 0 Å². The van der Waals surface area contributed by atoms with Crippen molar-refractivity contribution < 1.29 is 9.53 Å². The van der Waals surface area contributed by atoms with Gasteiger partial charge in [0.15, 0.2) is 0 Å². The van der Waals surface area contributed by atoms with Gasteiger partial charge in [0.05, 0.1) is 0 Å². The van der Waals surface area contributed by atoms with E-state index in [2.05, 4.69) is 5.32 Å². The minimum atomic E-state index is -0.419. The van der Waals surface area contributed by atoms with Gasteiger partial charge in [-0.15, -0.1) is 0 Å². The summed E-state index contributed by atoms with van der Waals surface area (Å²) in [6.45, 7) is 11.7. The number of carbonyl (C=O) groups is 1. The molecule has 0 aliphatic carbocycles. The molecule has 0 fully saturated rings. The average Bonchev–Trinajstić information content (AvgIpc) is 1.79. The first-order valence-electron chi connectivity index (χ1n) is 4.98. The maximum Gasteiger partial charge on any atom is 0.324 e. The average molecular weight is 201 g/mol. The smallest absolute Gasteiger partial charge is 0.324 e. The molecule has 3 heteroatoms. The third-order valence-corrected chi connectivity index (χ3v) is 1.80. The Kier molecular flexibility index (Phi) is 4.13. The number of esters is 1. The lowest BCUT2D eigenvalue weighted by Gasteiger charge is -2.31. The number of ether oxygens (including phenoxy) is 1. The van der Waals surface area contributed by atoms with Crippen LogP contribution in [0.3, 0.4) is 0 Å². The fourth-order valence-electron chi connectivity index (χ4n) is 1.27. The second kappa shape index (κ2) is 4.30. The molecule has 0 amide bonds. The van der Waals surface area contributed by atoms with Crippen LogP contribution in [0.1, 0.15) is 41.5 Å². The zero-order valence-electron chi connectivity index (χ0n) is 10.4. The van der Waals surface area contributed by atoms with E-state index >= 15 is 0 Å². The van der Waals surface area contributed by atoms with Gasteiger partial charge in [0.2, 0.25) is 0 Å². The maximum absolute atomic E-state index is 11.8. The van der Waals surface area contributed by atoms with Gasteiger partial charge in [-0.05, 0) is 33.2 Å². The molecule has 0 aliphatic heterocycles. The third-order valence-electron chi connectivity index (χ3n) is 1.80. The highest BCUT2D eigenvalue weighted by Crippen LogP contribution is 2.21. The Morgan fingerprint density at radius 2 is 1.57 bits per heavy atom. The highest BCUT2D eigenvalue weighted by molar-refractivity contribution is 5.77. The second-order valence-electron chi connectivity index (χ2n) is 5.62. The SMILES string of the molecule is CN[C@H](C(=O)OC(C)(C)C)C(C)(C)C. The molecule has 0 aromatic rings. The Hall–Kier alpha value is -0.570. The number of hydrogen-bond acceptors (Lipinski definition) is 3. The van der Waals surface area contributed by atoms with Crippen LogP contribution in [0.5, 0.6) is 0 Å². The highest BCUT2D eigenvalue weighted by Gasteiger charge is 2.33. The molecule has 0 rings (SSSR count). The van der Waals surface area contributed by atoms with Crippen LogP contribution in [-0.4, -0.2) is 24.7 Å². The monoisotopic (exact) mass is 201 g/mol. The molecule has 0 heterocycles. The van der Waals surface area contributed by atoms with Gasteiger partial charge in [0, 0.05) is 0 Å². The molecule has 1 N–H and O–H groups in total. The lowest BCUT2D eigenvalue weighted by molar-refractivity contribution is -0.160. The molecule has 0 bridgehead atoms. The summed E-state index contributed by atoms with van der Waals surface area (Å²) >= 11 is 0. The first-order valence-corrected chi connectivity index (χ1v) is 4.98. The Bertz CT molecular complexity index is 198. The van der Waals surface area contributed by atoms with Crippen LogP contribution in [-0.2, 0) is 9.53 Å². The van der Waals surface area contributed by atoms with Crippen molar-refractivity contribution in [3.05, 3.63) is 0 Å².